The van der Waals surface area contributed by atoms with Crippen molar-refractivity contribution < 1.29 is 50.7 Å². The molecule has 7 heavy (non-hydrogen) atoms. The molecule has 0 heterocycles. The summed E-state index contributed by atoms with van der Waals surface area (Å²) in [6.45, 7) is 5.72. The van der Waals surface area contributed by atoms with E-state index in [0.717, 1.165) is 6.42 Å². The van der Waals surface area contributed by atoms with E-state index in [4.69, 9.17) is 0 Å². The number of hydrogen-bond acceptors (Lipinski definition) is 0. The molecule has 0 radical (unpaired) electrons. The molecule has 0 aliphatic carbocycles. The van der Waals surface area contributed by atoms with Crippen molar-refractivity contribution in [1.82, 2.24) is 0 Å². The Bertz CT molecular complexity index is 11.7. The third-order valence-electron chi connectivity index (χ3n) is 0.354. The molecule has 42 valence electrons. The van der Waals surface area contributed by atoms with Crippen molar-refractivity contribution in [3.8, 4) is 0 Å². The molecular formula is C4H9Cl2Hf+. The van der Waals surface area contributed by atoms with Gasteiger partial charge in [0.05, 0.1) is 0 Å². The summed E-state index contributed by atoms with van der Waals surface area (Å²) in [7, 11) is 0. The Morgan fingerprint density at radius 2 is 1.43 bits per heavy atom. The van der Waals surface area contributed by atoms with Gasteiger partial charge in [0.2, 0.25) is 0 Å². The monoisotopic (exact) mass is 307 g/mol. The third kappa shape index (κ3) is 36.9. The zero-order valence-corrected chi connectivity index (χ0v) is 9.48. The van der Waals surface area contributed by atoms with E-state index in [2.05, 4.69) is 13.8 Å². The molecular weight excluding hydrogens is 297 g/mol. The van der Waals surface area contributed by atoms with Gasteiger partial charge in [0.15, 0.2) is 0 Å². The van der Waals surface area contributed by atoms with Crippen molar-refractivity contribution in [2.24, 2.45) is 0 Å². The van der Waals surface area contributed by atoms with E-state index in [-0.39, 0.29) is 50.7 Å². The molecule has 0 aliphatic heterocycles. The van der Waals surface area contributed by atoms with Crippen LogP contribution in [0, 0.1) is 6.92 Å². The molecule has 0 aromatic rings. The zero-order valence-electron chi connectivity index (χ0n) is 4.38. The average molecular weight is 307 g/mol. The van der Waals surface area contributed by atoms with E-state index in [1.807, 2.05) is 0 Å². The van der Waals surface area contributed by atoms with Gasteiger partial charge in [-0.2, -0.15) is 6.42 Å². The van der Waals surface area contributed by atoms with E-state index in [0.29, 0.717) is 0 Å². The van der Waals surface area contributed by atoms with Gasteiger partial charge in [-0.25, -0.2) is 0 Å². The van der Waals surface area contributed by atoms with Gasteiger partial charge < -0.3 is 31.7 Å². The minimum absolute atomic E-state index is 0. The van der Waals surface area contributed by atoms with Crippen molar-refractivity contribution in [2.45, 2.75) is 19.8 Å². The fourth-order valence-corrected chi connectivity index (χ4v) is 0. The Morgan fingerprint density at radius 3 is 1.43 bits per heavy atom. The van der Waals surface area contributed by atoms with Crippen LogP contribution in [-0.2, 0) is 25.8 Å². The van der Waals surface area contributed by atoms with E-state index in [1.54, 1.807) is 0 Å². The second-order valence-electron chi connectivity index (χ2n) is 0.854. The van der Waals surface area contributed by atoms with Gasteiger partial charge >= 0.3 is 25.8 Å². The first-order chi connectivity index (χ1) is 1.91. The quantitative estimate of drug-likeness (QED) is 0.339. The van der Waals surface area contributed by atoms with Crippen LogP contribution in [0.3, 0.4) is 0 Å². The molecule has 0 aromatic heterocycles. The fourth-order valence-electron chi connectivity index (χ4n) is 0. The summed E-state index contributed by atoms with van der Waals surface area (Å²) in [5, 5.41) is 0. The van der Waals surface area contributed by atoms with Crippen LogP contribution in [0.25, 0.3) is 0 Å². The molecule has 0 saturated carbocycles. The molecule has 0 rings (SSSR count). The van der Waals surface area contributed by atoms with E-state index in [9.17, 15) is 0 Å². The SMILES string of the molecule is [CH2-]CCC.[Cl-].[Cl-].[Hf+4]. The molecule has 0 aliphatic rings. The molecule has 0 spiro atoms. The number of hydrogen-bond donors (Lipinski definition) is 0. The zero-order chi connectivity index (χ0) is 3.41. The Hall–Kier alpha value is 1.45. The van der Waals surface area contributed by atoms with Crippen LogP contribution in [-0.4, -0.2) is 0 Å². The van der Waals surface area contributed by atoms with Crippen molar-refractivity contribution in [3.63, 3.8) is 0 Å². The summed E-state index contributed by atoms with van der Waals surface area (Å²) >= 11 is 0. The maximum Gasteiger partial charge on any atom is 4.00 e. The molecule has 0 amide bonds. The molecule has 3 heteroatoms. The van der Waals surface area contributed by atoms with Crippen LogP contribution in [0.2, 0.25) is 0 Å². The first-order valence-corrected chi connectivity index (χ1v) is 1.71. The van der Waals surface area contributed by atoms with Gasteiger partial charge in [-0.05, 0) is 0 Å². The molecule has 0 atom stereocenters. The maximum atomic E-state index is 3.60. The first-order valence-electron chi connectivity index (χ1n) is 1.71. The Kier molecular flexibility index (Phi) is 88.1. The summed E-state index contributed by atoms with van der Waals surface area (Å²) in [5.74, 6) is 0. The Labute approximate surface area is 77.0 Å². The topological polar surface area (TPSA) is 0 Å². The standard InChI is InChI=1S/C4H9.2ClH.Hf/c1-3-4-2;;;/h1,3-4H2,2H3;2*1H;/q-1;;;+4/p-2. The maximum absolute atomic E-state index is 3.60. The second-order valence-corrected chi connectivity index (χ2v) is 0.854. The van der Waals surface area contributed by atoms with Crippen molar-refractivity contribution >= 4 is 0 Å². The molecule has 0 saturated heterocycles. The molecule has 0 unspecified atom stereocenters. The minimum Gasteiger partial charge on any atom is -1.00 e. The molecule has 0 nitrogen and oxygen atoms in total. The number of rotatable bonds is 1. The van der Waals surface area contributed by atoms with Gasteiger partial charge in [-0.1, -0.05) is 13.3 Å². The summed E-state index contributed by atoms with van der Waals surface area (Å²) < 4.78 is 0. The Morgan fingerprint density at radius 1 is 1.29 bits per heavy atom. The molecule has 0 fully saturated rings. The van der Waals surface area contributed by atoms with Gasteiger partial charge in [0.1, 0.15) is 0 Å². The average Bonchev–Trinajstić information content (AvgIpc) is 1.37. The van der Waals surface area contributed by atoms with E-state index >= 15 is 0 Å². The summed E-state index contributed by atoms with van der Waals surface area (Å²) in [5.41, 5.74) is 0. The summed E-state index contributed by atoms with van der Waals surface area (Å²) in [6.07, 6.45) is 2.28. The van der Waals surface area contributed by atoms with Crippen LogP contribution < -0.4 is 24.8 Å². The van der Waals surface area contributed by atoms with Crippen LogP contribution in [0.15, 0.2) is 0 Å². The smallest absolute Gasteiger partial charge is 1.00 e. The Balaban J connectivity index is -0.0000000150. The van der Waals surface area contributed by atoms with Crippen molar-refractivity contribution in [3.05, 3.63) is 6.92 Å². The molecule has 0 bridgehead atoms. The van der Waals surface area contributed by atoms with Crippen LogP contribution in [0.1, 0.15) is 19.8 Å². The van der Waals surface area contributed by atoms with Crippen molar-refractivity contribution in [2.75, 3.05) is 0 Å². The number of unbranched alkanes of at least 4 members (excludes halogenated alkanes) is 1. The van der Waals surface area contributed by atoms with Crippen LogP contribution in [0.5, 0.6) is 0 Å². The van der Waals surface area contributed by atoms with Gasteiger partial charge in [0.25, 0.3) is 0 Å². The fraction of sp³-hybridized carbons (Fsp3) is 0.750. The van der Waals surface area contributed by atoms with Crippen molar-refractivity contribution in [1.29, 1.82) is 0 Å². The second kappa shape index (κ2) is 26.0. The van der Waals surface area contributed by atoms with Gasteiger partial charge in [0, 0.05) is 0 Å². The summed E-state index contributed by atoms with van der Waals surface area (Å²) in [4.78, 5) is 0. The van der Waals surface area contributed by atoms with Gasteiger partial charge in [-0.15, -0.1) is 0 Å². The van der Waals surface area contributed by atoms with E-state index in [1.165, 1.54) is 6.42 Å². The molecule has 0 aromatic carbocycles. The van der Waals surface area contributed by atoms with Crippen LogP contribution in [0.4, 0.5) is 0 Å². The normalized spacial score (nSPS) is 4.29. The third-order valence-corrected chi connectivity index (χ3v) is 0.354. The summed E-state index contributed by atoms with van der Waals surface area (Å²) in [6, 6.07) is 0. The van der Waals surface area contributed by atoms with Gasteiger partial charge in [-0.3, -0.25) is 0 Å². The predicted octanol–water partition coefficient (Wildman–Crippen LogP) is -4.37. The van der Waals surface area contributed by atoms with E-state index < -0.39 is 0 Å². The largest absolute Gasteiger partial charge is 4.00 e. The van der Waals surface area contributed by atoms with Crippen LogP contribution >= 0.6 is 0 Å². The predicted molar refractivity (Wildman–Crippen MR) is 20.3 cm³/mol. The first kappa shape index (κ1) is 23.7. The number of halogens is 2. The molecule has 0 N–H and O–H groups in total. The minimum atomic E-state index is 0.